The van der Waals surface area contributed by atoms with Crippen molar-refractivity contribution in [1.82, 2.24) is 25.3 Å². The van der Waals surface area contributed by atoms with E-state index < -0.39 is 23.9 Å². The highest BCUT2D eigenvalue weighted by atomic mass is 19.1. The van der Waals surface area contributed by atoms with Crippen molar-refractivity contribution in [1.29, 1.82) is 0 Å². The van der Waals surface area contributed by atoms with E-state index in [0.717, 1.165) is 16.7 Å². The topological polar surface area (TPSA) is 140 Å². The Hall–Kier alpha value is -5.13. The fourth-order valence-electron chi connectivity index (χ4n) is 5.25. The van der Waals surface area contributed by atoms with Gasteiger partial charge in [0.05, 0.1) is 30.2 Å². The van der Waals surface area contributed by atoms with Crippen LogP contribution < -0.4 is 16.0 Å². The highest BCUT2D eigenvalue weighted by Crippen LogP contribution is 2.36. The van der Waals surface area contributed by atoms with Crippen LogP contribution in [-0.2, 0) is 9.53 Å². The lowest BCUT2D eigenvalue weighted by molar-refractivity contribution is -0.119. The molecule has 2 bridgehead atoms. The predicted molar refractivity (Wildman–Crippen MR) is 163 cm³/mol. The maximum Gasteiger partial charge on any atom is 0.411 e. The summed E-state index contributed by atoms with van der Waals surface area (Å²) in [5.74, 6) is -1.39. The van der Waals surface area contributed by atoms with Crippen molar-refractivity contribution in [2.75, 3.05) is 17.7 Å². The van der Waals surface area contributed by atoms with Crippen molar-refractivity contribution in [3.8, 4) is 16.8 Å². The molecule has 0 radical (unpaired) electrons. The number of nitrogens with zero attached hydrogens (tertiary/aromatic N) is 4. The number of carbonyl (C=O) groups is 3. The van der Waals surface area contributed by atoms with Crippen LogP contribution in [0.3, 0.4) is 0 Å². The maximum absolute atomic E-state index is 14.8. The summed E-state index contributed by atoms with van der Waals surface area (Å²) >= 11 is 0. The van der Waals surface area contributed by atoms with Crippen molar-refractivity contribution < 1.29 is 23.5 Å². The molecule has 1 unspecified atom stereocenters. The van der Waals surface area contributed by atoms with E-state index in [1.807, 2.05) is 26.0 Å². The molecular formula is C32H34FN7O4. The number of hydrogen-bond acceptors (Lipinski definition) is 7. The van der Waals surface area contributed by atoms with Crippen LogP contribution in [0.2, 0.25) is 0 Å². The van der Waals surface area contributed by atoms with Gasteiger partial charge in [-0.1, -0.05) is 36.8 Å². The number of ether oxygens (including phenoxy) is 1. The summed E-state index contributed by atoms with van der Waals surface area (Å²) in [4.78, 5) is 43.3. The van der Waals surface area contributed by atoms with E-state index in [1.54, 1.807) is 50.4 Å². The fourth-order valence-corrected chi connectivity index (χ4v) is 5.25. The minimum atomic E-state index is -0.627. The number of amides is 3. The Morgan fingerprint density at radius 1 is 1.07 bits per heavy atom. The molecule has 2 aromatic heterocycles. The molecule has 12 heteroatoms. The van der Waals surface area contributed by atoms with Crippen LogP contribution in [0.15, 0.2) is 48.7 Å². The first-order chi connectivity index (χ1) is 21.1. The molecule has 5 rings (SSSR count). The summed E-state index contributed by atoms with van der Waals surface area (Å²) in [5, 5.41) is 16.9. The number of carbonyl (C=O) groups excluding carboxylic acids is 3. The van der Waals surface area contributed by atoms with Gasteiger partial charge in [0, 0.05) is 23.4 Å². The highest BCUT2D eigenvalue weighted by molar-refractivity contribution is 5.99. The molecule has 0 spiro atoms. The summed E-state index contributed by atoms with van der Waals surface area (Å²) in [6.07, 6.45) is 2.81. The molecule has 2 aromatic carbocycles. The van der Waals surface area contributed by atoms with Gasteiger partial charge in [0.1, 0.15) is 5.69 Å². The number of halogens is 1. The predicted octanol–water partition coefficient (Wildman–Crippen LogP) is 5.80. The molecule has 228 valence electrons. The minimum Gasteiger partial charge on any atom is -0.453 e. The minimum absolute atomic E-state index is 0.0769. The van der Waals surface area contributed by atoms with Gasteiger partial charge in [0.15, 0.2) is 11.5 Å². The van der Waals surface area contributed by atoms with Gasteiger partial charge in [-0.2, -0.15) is 0 Å². The first-order valence-electron chi connectivity index (χ1n) is 14.3. The summed E-state index contributed by atoms with van der Waals surface area (Å²) in [5.41, 5.74) is 5.14. The zero-order chi connectivity index (χ0) is 31.5. The van der Waals surface area contributed by atoms with Gasteiger partial charge in [-0.25, -0.2) is 13.9 Å². The van der Waals surface area contributed by atoms with Gasteiger partial charge in [0.25, 0.3) is 5.91 Å². The number of fused-ring (bicyclic) bond motifs is 4. The Bertz CT molecular complexity index is 1750. The molecule has 4 aromatic rings. The number of hydrogen-bond donors (Lipinski definition) is 3. The second-order valence-electron chi connectivity index (χ2n) is 11.0. The largest absolute Gasteiger partial charge is 0.453 e. The molecule has 1 aliphatic rings. The van der Waals surface area contributed by atoms with E-state index in [2.05, 4.69) is 31.2 Å². The Morgan fingerprint density at radius 2 is 1.86 bits per heavy atom. The number of pyridine rings is 1. The number of aryl methyl sites for hydroxylation is 2. The van der Waals surface area contributed by atoms with Crippen LogP contribution >= 0.6 is 0 Å². The molecule has 0 fully saturated rings. The van der Waals surface area contributed by atoms with Crippen molar-refractivity contribution in [3.63, 3.8) is 0 Å². The molecule has 2 atom stereocenters. The number of benzene rings is 2. The molecular weight excluding hydrogens is 565 g/mol. The molecule has 0 saturated heterocycles. The zero-order valence-electron chi connectivity index (χ0n) is 25.2. The normalized spacial score (nSPS) is 16.5. The Labute approximate surface area is 254 Å². The van der Waals surface area contributed by atoms with Crippen LogP contribution in [0.5, 0.6) is 0 Å². The number of rotatable bonds is 4. The Balaban J connectivity index is 1.51. The molecule has 3 heterocycles. The zero-order valence-corrected chi connectivity index (χ0v) is 25.2. The van der Waals surface area contributed by atoms with Gasteiger partial charge < -0.3 is 15.4 Å². The quantitative estimate of drug-likeness (QED) is 0.269. The molecule has 3 amide bonds. The lowest BCUT2D eigenvalue weighted by Crippen LogP contribution is -2.30. The Kier molecular flexibility index (Phi) is 8.70. The van der Waals surface area contributed by atoms with Gasteiger partial charge in [-0.3, -0.25) is 19.9 Å². The molecule has 11 nitrogen and oxygen atoms in total. The van der Waals surface area contributed by atoms with E-state index in [9.17, 15) is 18.8 Å². The van der Waals surface area contributed by atoms with Crippen molar-refractivity contribution in [3.05, 3.63) is 82.7 Å². The monoisotopic (exact) mass is 599 g/mol. The Morgan fingerprint density at radius 3 is 2.64 bits per heavy atom. The van der Waals surface area contributed by atoms with Crippen LogP contribution in [0.4, 0.5) is 20.6 Å². The van der Waals surface area contributed by atoms with Gasteiger partial charge in [-0.15, -0.1) is 5.10 Å². The lowest BCUT2D eigenvalue weighted by Gasteiger charge is -2.23. The molecule has 0 aliphatic carbocycles. The lowest BCUT2D eigenvalue weighted by atomic mass is 9.93. The van der Waals surface area contributed by atoms with Gasteiger partial charge in [0.2, 0.25) is 5.91 Å². The average Bonchev–Trinajstić information content (AvgIpc) is 3.38. The molecule has 44 heavy (non-hydrogen) atoms. The second-order valence-corrected chi connectivity index (χ2v) is 11.0. The fraction of sp³-hybridized carbons (Fsp3) is 0.312. The van der Waals surface area contributed by atoms with E-state index in [0.29, 0.717) is 47.6 Å². The first-order valence-corrected chi connectivity index (χ1v) is 14.3. The standard InChI is InChI=1S/C32H34FN7O4/c1-17-8-7-11-27(28(17)33)40-20(4)29(38-39-40)31(42)36-24-10-6-9-18(2)30(41)37-25-14-21(35-32(43)44-5)12-13-22(25)23-15-26(24)34-16-19(23)3/h7-8,11-16,18,24H,6,9-10H2,1-5H3,(H,35,43)(H,36,42)(H,37,41)/t18?,24-/m0/s1. The maximum atomic E-state index is 14.8. The van der Waals surface area contributed by atoms with Crippen LogP contribution in [-0.4, -0.2) is 45.0 Å². The average molecular weight is 600 g/mol. The third kappa shape index (κ3) is 6.14. The van der Waals surface area contributed by atoms with Crippen molar-refractivity contribution in [2.45, 2.75) is 53.0 Å². The SMILES string of the molecule is COC(=O)Nc1ccc2c(c1)NC(=O)C(C)CCC[C@H](NC(=O)c1nnn(-c3cccc(C)c3F)c1C)c1cc-2c(C)cn1. The third-order valence-electron chi connectivity index (χ3n) is 7.87. The van der Waals surface area contributed by atoms with Crippen molar-refractivity contribution in [2.24, 2.45) is 5.92 Å². The van der Waals surface area contributed by atoms with Crippen LogP contribution in [0.1, 0.15) is 65.2 Å². The van der Waals surface area contributed by atoms with Gasteiger partial charge in [-0.05, 0) is 74.6 Å². The second kappa shape index (κ2) is 12.6. The summed E-state index contributed by atoms with van der Waals surface area (Å²) in [7, 11) is 1.27. The van der Waals surface area contributed by atoms with Crippen molar-refractivity contribution >= 4 is 29.3 Å². The number of methoxy groups -OCH3 is 1. The number of aromatic nitrogens is 4. The summed E-state index contributed by atoms with van der Waals surface area (Å²) in [6.45, 7) is 7.08. The van der Waals surface area contributed by atoms with E-state index >= 15 is 0 Å². The van der Waals surface area contributed by atoms with E-state index in [-0.39, 0.29) is 23.2 Å². The third-order valence-corrected chi connectivity index (χ3v) is 7.87. The molecule has 1 aliphatic heterocycles. The van der Waals surface area contributed by atoms with Crippen LogP contribution in [0, 0.1) is 32.5 Å². The summed E-state index contributed by atoms with van der Waals surface area (Å²) < 4.78 is 20.9. The van der Waals surface area contributed by atoms with E-state index in [1.165, 1.54) is 11.8 Å². The van der Waals surface area contributed by atoms with Gasteiger partial charge >= 0.3 is 6.09 Å². The molecule has 3 N–H and O–H groups in total. The smallest absolute Gasteiger partial charge is 0.411 e. The number of nitrogens with one attached hydrogen (secondary N) is 3. The van der Waals surface area contributed by atoms with E-state index in [4.69, 9.17) is 4.74 Å². The summed E-state index contributed by atoms with van der Waals surface area (Å²) in [6, 6.07) is 11.6. The highest BCUT2D eigenvalue weighted by Gasteiger charge is 2.26. The van der Waals surface area contributed by atoms with Crippen LogP contribution in [0.25, 0.3) is 16.8 Å². The molecule has 0 saturated carbocycles. The first kappa shape index (κ1) is 30.3. The number of anilines is 2.